The second kappa shape index (κ2) is 4.70. The lowest BCUT2D eigenvalue weighted by Crippen LogP contribution is -2.43. The Morgan fingerprint density at radius 2 is 2.46 bits per heavy atom. The third kappa shape index (κ3) is 2.94. The maximum atomic E-state index is 11.0. The largest absolute Gasteiger partial charge is 0.323 e. The van der Waals surface area contributed by atoms with Gasteiger partial charge in [0, 0.05) is 12.3 Å². The topological polar surface area (TPSA) is 78.5 Å². The molecule has 1 rings (SSSR count). The standard InChI is InChI=1S/C6H9N3O3S/c10-4-7-8-5(11)3-9-1-2-13-6(9)12/h4H,1-3H2,(H,7,10)(H,8,11). The van der Waals surface area contributed by atoms with Gasteiger partial charge in [-0.25, -0.2) is 0 Å². The third-order valence-corrected chi connectivity index (χ3v) is 2.34. The molecule has 0 aromatic carbocycles. The number of thioether (sulfide) groups is 1. The number of carbonyl (C=O) groups is 3. The fourth-order valence-corrected chi connectivity index (χ4v) is 1.72. The Kier molecular flexibility index (Phi) is 3.56. The predicted octanol–water partition coefficient (Wildman–Crippen LogP) is -1.07. The van der Waals surface area contributed by atoms with Crippen molar-refractivity contribution in [3.63, 3.8) is 0 Å². The molecule has 6 nitrogen and oxygen atoms in total. The fraction of sp³-hybridized carbons (Fsp3) is 0.500. The summed E-state index contributed by atoms with van der Waals surface area (Å²) in [5.74, 6) is 0.315. The van der Waals surface area contributed by atoms with Crippen LogP contribution in [0.4, 0.5) is 4.79 Å². The fourth-order valence-electron chi connectivity index (χ4n) is 0.892. The predicted molar refractivity (Wildman–Crippen MR) is 46.8 cm³/mol. The van der Waals surface area contributed by atoms with Crippen molar-refractivity contribution < 1.29 is 14.4 Å². The molecule has 0 atom stereocenters. The van der Waals surface area contributed by atoms with E-state index < -0.39 is 5.91 Å². The molecule has 0 aliphatic carbocycles. The van der Waals surface area contributed by atoms with Crippen molar-refractivity contribution in [3.8, 4) is 0 Å². The lowest BCUT2D eigenvalue weighted by molar-refractivity contribution is -0.125. The Hall–Kier alpha value is -1.24. The molecule has 7 heteroatoms. The van der Waals surface area contributed by atoms with Gasteiger partial charge in [0.1, 0.15) is 6.54 Å². The summed E-state index contributed by atoms with van der Waals surface area (Å²) in [5.41, 5.74) is 4.13. The number of carbonyl (C=O) groups excluding carboxylic acids is 3. The Bertz CT molecular complexity index is 233. The Morgan fingerprint density at radius 3 is 3.00 bits per heavy atom. The summed E-state index contributed by atoms with van der Waals surface area (Å²) in [6, 6.07) is 0. The van der Waals surface area contributed by atoms with Crippen LogP contribution >= 0.6 is 11.8 Å². The molecule has 0 aromatic heterocycles. The van der Waals surface area contributed by atoms with Gasteiger partial charge < -0.3 is 4.90 Å². The van der Waals surface area contributed by atoms with Crippen LogP contribution in [-0.2, 0) is 9.59 Å². The zero-order valence-electron chi connectivity index (χ0n) is 6.78. The number of nitrogens with zero attached hydrogens (tertiary/aromatic N) is 1. The lowest BCUT2D eigenvalue weighted by atomic mass is 10.5. The summed E-state index contributed by atoms with van der Waals surface area (Å²) in [6.07, 6.45) is 0.360. The van der Waals surface area contributed by atoms with Crippen LogP contribution in [0.5, 0.6) is 0 Å². The van der Waals surface area contributed by atoms with Crippen molar-refractivity contribution in [2.75, 3.05) is 18.8 Å². The Balaban J connectivity index is 2.26. The zero-order valence-corrected chi connectivity index (χ0v) is 7.60. The molecule has 1 aliphatic heterocycles. The van der Waals surface area contributed by atoms with E-state index in [1.54, 1.807) is 0 Å². The number of rotatable bonds is 4. The molecule has 1 aliphatic rings. The first-order valence-corrected chi connectivity index (χ1v) is 4.62. The van der Waals surface area contributed by atoms with Crippen molar-refractivity contribution in [3.05, 3.63) is 0 Å². The van der Waals surface area contributed by atoms with Gasteiger partial charge in [-0.2, -0.15) is 0 Å². The van der Waals surface area contributed by atoms with E-state index in [-0.39, 0.29) is 11.8 Å². The van der Waals surface area contributed by atoms with Crippen LogP contribution in [-0.4, -0.2) is 41.3 Å². The molecular weight excluding hydrogens is 194 g/mol. The second-order valence-corrected chi connectivity index (χ2v) is 3.39. The van der Waals surface area contributed by atoms with Gasteiger partial charge in [0.25, 0.3) is 11.1 Å². The van der Waals surface area contributed by atoms with Gasteiger partial charge in [-0.15, -0.1) is 0 Å². The minimum Gasteiger partial charge on any atom is -0.323 e. The van der Waals surface area contributed by atoms with Gasteiger partial charge in [0.2, 0.25) is 6.41 Å². The number of nitrogens with one attached hydrogen (secondary N) is 2. The average Bonchev–Trinajstić information content (AvgIpc) is 2.48. The minimum absolute atomic E-state index is 0.00727. The van der Waals surface area contributed by atoms with Gasteiger partial charge in [-0.05, 0) is 0 Å². The first kappa shape index (κ1) is 9.85. The number of amides is 3. The summed E-state index contributed by atoms with van der Waals surface area (Å²) in [7, 11) is 0. The monoisotopic (exact) mass is 203 g/mol. The Morgan fingerprint density at radius 1 is 1.69 bits per heavy atom. The molecule has 2 N–H and O–H groups in total. The summed E-state index contributed by atoms with van der Waals surface area (Å²) < 4.78 is 0. The van der Waals surface area contributed by atoms with Crippen molar-refractivity contribution in [2.24, 2.45) is 0 Å². The molecule has 1 fully saturated rings. The summed E-state index contributed by atoms with van der Waals surface area (Å²) in [5, 5.41) is -0.0961. The molecule has 0 unspecified atom stereocenters. The first-order chi connectivity index (χ1) is 6.24. The van der Waals surface area contributed by atoms with E-state index in [1.807, 2.05) is 5.43 Å². The maximum Gasteiger partial charge on any atom is 0.282 e. The van der Waals surface area contributed by atoms with Crippen molar-refractivity contribution in [1.82, 2.24) is 15.8 Å². The lowest BCUT2D eigenvalue weighted by Gasteiger charge is -2.12. The summed E-state index contributed by atoms with van der Waals surface area (Å²) >= 11 is 1.19. The smallest absolute Gasteiger partial charge is 0.282 e. The van der Waals surface area contributed by atoms with E-state index in [0.717, 1.165) is 0 Å². The highest BCUT2D eigenvalue weighted by Crippen LogP contribution is 2.15. The van der Waals surface area contributed by atoms with Crippen LogP contribution in [0, 0.1) is 0 Å². The molecular formula is C6H9N3O3S. The van der Waals surface area contributed by atoms with E-state index in [0.29, 0.717) is 18.7 Å². The SMILES string of the molecule is O=CNNC(=O)CN1CCSC1=O. The summed E-state index contributed by atoms with van der Waals surface area (Å²) in [6.45, 7) is 0.574. The van der Waals surface area contributed by atoms with Crippen molar-refractivity contribution in [1.29, 1.82) is 0 Å². The molecule has 72 valence electrons. The number of hydrogen-bond acceptors (Lipinski definition) is 4. The molecule has 1 heterocycles. The molecule has 1 saturated heterocycles. The quantitative estimate of drug-likeness (QED) is 0.450. The van der Waals surface area contributed by atoms with Crippen LogP contribution in [0.3, 0.4) is 0 Å². The molecule has 0 bridgehead atoms. The molecule has 13 heavy (non-hydrogen) atoms. The molecule has 0 saturated carbocycles. The van der Waals surface area contributed by atoms with E-state index in [2.05, 4.69) is 5.43 Å². The molecule has 0 radical (unpaired) electrons. The van der Waals surface area contributed by atoms with E-state index in [1.165, 1.54) is 16.7 Å². The van der Waals surface area contributed by atoms with Crippen LogP contribution in [0.15, 0.2) is 0 Å². The van der Waals surface area contributed by atoms with E-state index >= 15 is 0 Å². The molecule has 0 aromatic rings. The first-order valence-electron chi connectivity index (χ1n) is 3.64. The second-order valence-electron chi connectivity index (χ2n) is 2.35. The van der Waals surface area contributed by atoms with Gasteiger partial charge >= 0.3 is 0 Å². The van der Waals surface area contributed by atoms with Crippen molar-refractivity contribution >= 4 is 29.3 Å². The summed E-state index contributed by atoms with van der Waals surface area (Å²) in [4.78, 5) is 33.2. The van der Waals surface area contributed by atoms with Crippen LogP contribution in [0.25, 0.3) is 0 Å². The number of hydrazine groups is 1. The average molecular weight is 203 g/mol. The number of hydrogen-bond donors (Lipinski definition) is 2. The maximum absolute atomic E-state index is 11.0. The molecule has 3 amide bonds. The van der Waals surface area contributed by atoms with Crippen molar-refractivity contribution in [2.45, 2.75) is 0 Å². The van der Waals surface area contributed by atoms with Gasteiger partial charge in [-0.3, -0.25) is 25.2 Å². The van der Waals surface area contributed by atoms with Gasteiger partial charge in [0.05, 0.1) is 0 Å². The van der Waals surface area contributed by atoms with Crippen LogP contribution in [0.1, 0.15) is 0 Å². The van der Waals surface area contributed by atoms with Gasteiger partial charge in [0.15, 0.2) is 0 Å². The van der Waals surface area contributed by atoms with Gasteiger partial charge in [-0.1, -0.05) is 11.8 Å². The van der Waals surface area contributed by atoms with E-state index in [9.17, 15) is 14.4 Å². The van der Waals surface area contributed by atoms with Crippen LogP contribution < -0.4 is 10.9 Å². The zero-order chi connectivity index (χ0) is 9.68. The highest BCUT2D eigenvalue weighted by molar-refractivity contribution is 8.13. The highest BCUT2D eigenvalue weighted by Gasteiger charge is 2.22. The normalized spacial score (nSPS) is 15.7. The van der Waals surface area contributed by atoms with E-state index in [4.69, 9.17) is 0 Å². The molecule has 0 spiro atoms. The van der Waals surface area contributed by atoms with Crippen LogP contribution in [0.2, 0.25) is 0 Å². The third-order valence-electron chi connectivity index (χ3n) is 1.45. The highest BCUT2D eigenvalue weighted by atomic mass is 32.2. The Labute approximate surface area is 79.0 Å². The minimum atomic E-state index is -0.400.